The SMILES string of the molecule is CCNC(=O)N1CCC(NC(C)c2cnn(Cc3ccccc3)c2)C1. The molecular formula is C19H27N5O. The minimum absolute atomic E-state index is 0.0372. The van der Waals surface area contributed by atoms with Gasteiger partial charge in [-0.05, 0) is 25.8 Å². The van der Waals surface area contributed by atoms with E-state index in [1.165, 1.54) is 11.1 Å². The van der Waals surface area contributed by atoms with Crippen molar-refractivity contribution in [2.45, 2.75) is 38.9 Å². The van der Waals surface area contributed by atoms with Gasteiger partial charge in [-0.3, -0.25) is 4.68 Å². The highest BCUT2D eigenvalue weighted by Crippen LogP contribution is 2.17. The van der Waals surface area contributed by atoms with Gasteiger partial charge in [0.1, 0.15) is 0 Å². The molecule has 2 heterocycles. The van der Waals surface area contributed by atoms with E-state index in [4.69, 9.17) is 0 Å². The number of hydrogen-bond donors (Lipinski definition) is 2. The summed E-state index contributed by atoms with van der Waals surface area (Å²) in [6, 6.07) is 10.9. The molecule has 2 aromatic rings. The number of aromatic nitrogens is 2. The minimum Gasteiger partial charge on any atom is -0.338 e. The maximum Gasteiger partial charge on any atom is 0.317 e. The zero-order valence-corrected chi connectivity index (χ0v) is 15.0. The maximum atomic E-state index is 11.9. The lowest BCUT2D eigenvalue weighted by atomic mass is 10.1. The van der Waals surface area contributed by atoms with Gasteiger partial charge >= 0.3 is 6.03 Å². The summed E-state index contributed by atoms with van der Waals surface area (Å²) in [5.41, 5.74) is 2.42. The second-order valence-electron chi connectivity index (χ2n) is 6.61. The Morgan fingerprint density at radius 1 is 1.36 bits per heavy atom. The van der Waals surface area contributed by atoms with Crippen LogP contribution in [0.25, 0.3) is 0 Å². The average Bonchev–Trinajstić information content (AvgIpc) is 3.26. The third-order valence-electron chi connectivity index (χ3n) is 4.63. The zero-order valence-electron chi connectivity index (χ0n) is 15.0. The molecule has 0 saturated carbocycles. The Labute approximate surface area is 149 Å². The Hall–Kier alpha value is -2.34. The maximum absolute atomic E-state index is 11.9. The molecule has 1 aromatic carbocycles. The first-order valence-corrected chi connectivity index (χ1v) is 9.00. The van der Waals surface area contributed by atoms with Gasteiger partial charge in [0.2, 0.25) is 0 Å². The predicted octanol–water partition coefficient (Wildman–Crippen LogP) is 2.39. The van der Waals surface area contributed by atoms with Crippen LogP contribution >= 0.6 is 0 Å². The second-order valence-corrected chi connectivity index (χ2v) is 6.61. The Balaban J connectivity index is 1.52. The van der Waals surface area contributed by atoms with Crippen LogP contribution in [0, 0.1) is 0 Å². The number of nitrogens with one attached hydrogen (secondary N) is 2. The highest BCUT2D eigenvalue weighted by atomic mass is 16.2. The highest BCUT2D eigenvalue weighted by molar-refractivity contribution is 5.74. The molecule has 0 bridgehead atoms. The molecular weight excluding hydrogens is 314 g/mol. The quantitative estimate of drug-likeness (QED) is 0.848. The van der Waals surface area contributed by atoms with Crippen molar-refractivity contribution in [2.75, 3.05) is 19.6 Å². The Morgan fingerprint density at radius 2 is 2.16 bits per heavy atom. The zero-order chi connectivity index (χ0) is 17.6. The number of urea groups is 1. The van der Waals surface area contributed by atoms with Crippen molar-refractivity contribution < 1.29 is 4.79 Å². The van der Waals surface area contributed by atoms with Gasteiger partial charge in [0.15, 0.2) is 0 Å². The van der Waals surface area contributed by atoms with Gasteiger partial charge in [0.25, 0.3) is 0 Å². The van der Waals surface area contributed by atoms with E-state index in [1.54, 1.807) is 0 Å². The van der Waals surface area contributed by atoms with E-state index in [0.717, 1.165) is 26.1 Å². The van der Waals surface area contributed by atoms with Gasteiger partial charge in [-0.1, -0.05) is 30.3 Å². The van der Waals surface area contributed by atoms with Crippen molar-refractivity contribution in [1.29, 1.82) is 0 Å². The molecule has 0 aliphatic carbocycles. The van der Waals surface area contributed by atoms with Crippen LogP contribution in [-0.2, 0) is 6.54 Å². The van der Waals surface area contributed by atoms with Crippen molar-refractivity contribution in [3.8, 4) is 0 Å². The predicted molar refractivity (Wildman–Crippen MR) is 98.4 cm³/mol. The minimum atomic E-state index is 0.0372. The number of benzene rings is 1. The van der Waals surface area contributed by atoms with E-state index in [0.29, 0.717) is 12.6 Å². The van der Waals surface area contributed by atoms with Crippen molar-refractivity contribution in [3.63, 3.8) is 0 Å². The fourth-order valence-corrected chi connectivity index (χ4v) is 3.25. The topological polar surface area (TPSA) is 62.2 Å². The molecule has 0 spiro atoms. The molecule has 2 N–H and O–H groups in total. The van der Waals surface area contributed by atoms with Gasteiger partial charge in [0.05, 0.1) is 12.7 Å². The molecule has 6 heteroatoms. The van der Waals surface area contributed by atoms with E-state index in [1.807, 2.05) is 40.9 Å². The van der Waals surface area contributed by atoms with Crippen LogP contribution in [0.15, 0.2) is 42.7 Å². The molecule has 3 rings (SSSR count). The molecule has 1 fully saturated rings. The molecule has 2 unspecified atom stereocenters. The summed E-state index contributed by atoms with van der Waals surface area (Å²) in [7, 11) is 0. The average molecular weight is 341 g/mol. The first-order chi connectivity index (χ1) is 12.2. The molecule has 1 aliphatic heterocycles. The van der Waals surface area contributed by atoms with Crippen LogP contribution in [-0.4, -0.2) is 46.4 Å². The van der Waals surface area contributed by atoms with Gasteiger partial charge in [-0.15, -0.1) is 0 Å². The van der Waals surface area contributed by atoms with E-state index < -0.39 is 0 Å². The number of hydrogen-bond acceptors (Lipinski definition) is 3. The smallest absolute Gasteiger partial charge is 0.317 e. The molecule has 1 aromatic heterocycles. The Bertz CT molecular complexity index is 684. The lowest BCUT2D eigenvalue weighted by Gasteiger charge is -2.20. The summed E-state index contributed by atoms with van der Waals surface area (Å²) in [4.78, 5) is 13.8. The van der Waals surface area contributed by atoms with E-state index in [9.17, 15) is 4.79 Å². The van der Waals surface area contributed by atoms with Crippen LogP contribution in [0.4, 0.5) is 4.79 Å². The van der Waals surface area contributed by atoms with Gasteiger partial charge < -0.3 is 15.5 Å². The third-order valence-corrected chi connectivity index (χ3v) is 4.63. The molecule has 6 nitrogen and oxygen atoms in total. The van der Waals surface area contributed by atoms with Crippen LogP contribution < -0.4 is 10.6 Å². The molecule has 1 saturated heterocycles. The summed E-state index contributed by atoms with van der Waals surface area (Å²) in [5, 5.41) is 11.0. The van der Waals surface area contributed by atoms with Gasteiger partial charge in [-0.2, -0.15) is 5.10 Å². The van der Waals surface area contributed by atoms with E-state index in [2.05, 4.69) is 41.0 Å². The Morgan fingerprint density at radius 3 is 2.92 bits per heavy atom. The van der Waals surface area contributed by atoms with Crippen molar-refractivity contribution in [3.05, 3.63) is 53.9 Å². The number of likely N-dealkylation sites (tertiary alicyclic amines) is 1. The number of amides is 2. The summed E-state index contributed by atoms with van der Waals surface area (Å²) in [6.07, 6.45) is 5.01. The first-order valence-electron chi connectivity index (χ1n) is 9.00. The summed E-state index contributed by atoms with van der Waals surface area (Å²) in [5.74, 6) is 0. The number of nitrogens with zero attached hydrogens (tertiary/aromatic N) is 3. The molecule has 2 amide bonds. The van der Waals surface area contributed by atoms with Crippen LogP contribution in [0.1, 0.15) is 37.4 Å². The molecule has 25 heavy (non-hydrogen) atoms. The van der Waals surface area contributed by atoms with Gasteiger partial charge in [-0.25, -0.2) is 4.79 Å². The van der Waals surface area contributed by atoms with Crippen molar-refractivity contribution in [2.24, 2.45) is 0 Å². The van der Waals surface area contributed by atoms with Crippen LogP contribution in [0.3, 0.4) is 0 Å². The standard InChI is InChI=1S/C19H27N5O/c1-3-20-19(25)23-10-9-18(14-23)22-15(2)17-11-21-24(13-17)12-16-7-5-4-6-8-16/h4-8,11,13,15,18,22H,3,9-10,12,14H2,1-2H3,(H,20,25). The lowest BCUT2D eigenvalue weighted by Crippen LogP contribution is -2.41. The van der Waals surface area contributed by atoms with E-state index in [-0.39, 0.29) is 12.1 Å². The summed E-state index contributed by atoms with van der Waals surface area (Å²) in [6.45, 7) is 7.11. The third kappa shape index (κ3) is 4.60. The monoisotopic (exact) mass is 341 g/mol. The fourth-order valence-electron chi connectivity index (χ4n) is 3.25. The highest BCUT2D eigenvalue weighted by Gasteiger charge is 2.27. The van der Waals surface area contributed by atoms with Crippen molar-refractivity contribution >= 4 is 6.03 Å². The number of rotatable bonds is 6. The van der Waals surface area contributed by atoms with Crippen LogP contribution in [0.5, 0.6) is 0 Å². The Kier molecular flexibility index (Phi) is 5.71. The normalized spacial score (nSPS) is 18.3. The molecule has 134 valence electrons. The fraction of sp³-hybridized carbons (Fsp3) is 0.474. The number of carbonyl (C=O) groups excluding carboxylic acids is 1. The van der Waals surface area contributed by atoms with Crippen LogP contribution in [0.2, 0.25) is 0 Å². The second kappa shape index (κ2) is 8.16. The largest absolute Gasteiger partial charge is 0.338 e. The van der Waals surface area contributed by atoms with Gasteiger partial charge in [0, 0.05) is 43.5 Å². The lowest BCUT2D eigenvalue weighted by molar-refractivity contribution is 0.208. The molecule has 0 radical (unpaired) electrons. The summed E-state index contributed by atoms with van der Waals surface area (Å²) >= 11 is 0. The van der Waals surface area contributed by atoms with E-state index >= 15 is 0 Å². The molecule has 2 atom stereocenters. The summed E-state index contributed by atoms with van der Waals surface area (Å²) < 4.78 is 1.97. The first kappa shape index (κ1) is 17.5. The number of carbonyl (C=O) groups is 1. The molecule has 1 aliphatic rings. The van der Waals surface area contributed by atoms with Crippen molar-refractivity contribution in [1.82, 2.24) is 25.3 Å².